The van der Waals surface area contributed by atoms with Crippen molar-refractivity contribution in [1.82, 2.24) is 24.1 Å². The lowest BCUT2D eigenvalue weighted by Crippen LogP contribution is -2.24. The number of thioether (sulfide) groups is 1. The van der Waals surface area contributed by atoms with Gasteiger partial charge >= 0.3 is 0 Å². The van der Waals surface area contributed by atoms with E-state index in [1.807, 2.05) is 52.9 Å². The molecule has 0 radical (unpaired) electrons. The van der Waals surface area contributed by atoms with Crippen molar-refractivity contribution < 1.29 is 4.74 Å². The molecule has 0 unspecified atom stereocenters. The van der Waals surface area contributed by atoms with Crippen LogP contribution in [-0.2, 0) is 12.3 Å². The van der Waals surface area contributed by atoms with Gasteiger partial charge in [-0.15, -0.1) is 21.5 Å². The molecule has 2 aromatic carbocycles. The highest BCUT2D eigenvalue weighted by Crippen LogP contribution is 2.30. The van der Waals surface area contributed by atoms with Gasteiger partial charge in [0.25, 0.3) is 5.56 Å². The van der Waals surface area contributed by atoms with Crippen molar-refractivity contribution in [2.24, 2.45) is 5.92 Å². The van der Waals surface area contributed by atoms with Gasteiger partial charge in [0.05, 0.1) is 23.7 Å². The fourth-order valence-corrected chi connectivity index (χ4v) is 5.57. The van der Waals surface area contributed by atoms with Crippen LogP contribution >= 0.6 is 23.1 Å². The van der Waals surface area contributed by atoms with Crippen LogP contribution in [0.2, 0.25) is 0 Å². The number of rotatable bonds is 8. The third kappa shape index (κ3) is 4.33. The molecule has 174 valence electrons. The minimum atomic E-state index is -0.0184. The molecule has 3 heterocycles. The highest BCUT2D eigenvalue weighted by atomic mass is 32.2. The Balaban J connectivity index is 1.47. The number of fused-ring (bicyclic) bond motifs is 3. The van der Waals surface area contributed by atoms with Gasteiger partial charge in [0.2, 0.25) is 5.78 Å². The fraction of sp³-hybridized carbons (Fsp3) is 0.280. The zero-order chi connectivity index (χ0) is 23.7. The number of hydrogen-bond donors (Lipinski definition) is 0. The average Bonchev–Trinajstić information content (AvgIpc) is 3.50. The Bertz CT molecular complexity index is 1520. The first-order valence-electron chi connectivity index (χ1n) is 11.1. The predicted molar refractivity (Wildman–Crippen MR) is 138 cm³/mol. The summed E-state index contributed by atoms with van der Waals surface area (Å²) in [5, 5.41) is 13.3. The van der Waals surface area contributed by atoms with Crippen molar-refractivity contribution in [2.75, 3.05) is 7.11 Å². The summed E-state index contributed by atoms with van der Waals surface area (Å²) in [5.74, 6) is 2.54. The Morgan fingerprint density at radius 2 is 1.97 bits per heavy atom. The minimum Gasteiger partial charge on any atom is -0.497 e. The first-order valence-corrected chi connectivity index (χ1v) is 13.0. The van der Waals surface area contributed by atoms with Crippen LogP contribution < -0.4 is 10.3 Å². The van der Waals surface area contributed by atoms with Gasteiger partial charge in [-0.1, -0.05) is 49.9 Å². The van der Waals surface area contributed by atoms with Crippen molar-refractivity contribution >= 4 is 39.8 Å². The van der Waals surface area contributed by atoms with E-state index < -0.39 is 0 Å². The van der Waals surface area contributed by atoms with E-state index >= 15 is 0 Å². The van der Waals surface area contributed by atoms with Crippen LogP contribution in [-0.4, -0.2) is 31.3 Å². The van der Waals surface area contributed by atoms with Gasteiger partial charge in [-0.25, -0.2) is 4.98 Å². The van der Waals surface area contributed by atoms with Crippen LogP contribution in [0, 0.1) is 5.92 Å². The van der Waals surface area contributed by atoms with Crippen molar-refractivity contribution in [1.29, 1.82) is 0 Å². The number of benzene rings is 2. The Morgan fingerprint density at radius 1 is 1.12 bits per heavy atom. The Morgan fingerprint density at radius 3 is 2.79 bits per heavy atom. The number of nitrogens with zero attached hydrogens (tertiary/aromatic N) is 5. The highest BCUT2D eigenvalue weighted by Gasteiger charge is 2.17. The molecule has 0 aliphatic heterocycles. The van der Waals surface area contributed by atoms with E-state index in [1.165, 1.54) is 0 Å². The summed E-state index contributed by atoms with van der Waals surface area (Å²) in [5.41, 5.74) is 2.82. The first-order chi connectivity index (χ1) is 16.5. The summed E-state index contributed by atoms with van der Waals surface area (Å²) in [7, 11) is 1.66. The molecule has 5 aromatic rings. The molecule has 0 saturated carbocycles. The van der Waals surface area contributed by atoms with Crippen molar-refractivity contribution in [3.63, 3.8) is 0 Å². The van der Waals surface area contributed by atoms with E-state index in [9.17, 15) is 4.79 Å². The SMILES string of the molecule is COc1cccc(-c2nc(CSc3nnc4n(CCC(C)C)c(=O)c5ccccc5n34)cs2)c1. The molecule has 0 atom stereocenters. The molecule has 0 spiro atoms. The third-order valence-electron chi connectivity index (χ3n) is 5.63. The number of hydrogen-bond acceptors (Lipinski definition) is 7. The molecule has 7 nitrogen and oxygen atoms in total. The van der Waals surface area contributed by atoms with Gasteiger partial charge in [-0.05, 0) is 36.6 Å². The zero-order valence-corrected chi connectivity index (χ0v) is 20.9. The van der Waals surface area contributed by atoms with Gasteiger partial charge in [-0.3, -0.25) is 13.8 Å². The van der Waals surface area contributed by atoms with Crippen LogP contribution in [0.1, 0.15) is 26.0 Å². The molecule has 0 aliphatic carbocycles. The monoisotopic (exact) mass is 491 g/mol. The molecule has 0 N–H and O–H groups in total. The van der Waals surface area contributed by atoms with Crippen molar-refractivity contribution in [3.05, 3.63) is 70.0 Å². The van der Waals surface area contributed by atoms with E-state index in [-0.39, 0.29) is 5.56 Å². The van der Waals surface area contributed by atoms with E-state index in [0.29, 0.717) is 29.4 Å². The lowest BCUT2D eigenvalue weighted by atomic mass is 10.1. The number of aryl methyl sites for hydroxylation is 1. The number of ether oxygens (including phenoxy) is 1. The smallest absolute Gasteiger partial charge is 0.262 e. The molecule has 0 amide bonds. The predicted octanol–water partition coefficient (Wildman–Crippen LogP) is 5.51. The second-order valence-corrected chi connectivity index (χ2v) is 10.2. The standard InChI is InChI=1S/C25H25N5O2S2/c1-16(2)11-12-29-23(31)20-9-4-5-10-21(20)30-24(29)27-28-25(30)34-15-18-14-33-22(26-18)17-7-6-8-19(13-17)32-3/h4-10,13-14,16H,11-12,15H2,1-3H3. The molecule has 0 fully saturated rings. The maximum absolute atomic E-state index is 13.2. The van der Waals surface area contributed by atoms with Crippen LogP contribution in [0.3, 0.4) is 0 Å². The molecular formula is C25H25N5O2S2. The number of para-hydroxylation sites is 1. The molecule has 0 bridgehead atoms. The Hall–Kier alpha value is -3.17. The molecular weight excluding hydrogens is 466 g/mol. The lowest BCUT2D eigenvalue weighted by molar-refractivity contribution is 0.415. The topological polar surface area (TPSA) is 74.3 Å². The van der Waals surface area contributed by atoms with Gasteiger partial charge in [0.1, 0.15) is 10.8 Å². The molecule has 9 heteroatoms. The summed E-state index contributed by atoms with van der Waals surface area (Å²) < 4.78 is 9.08. The summed E-state index contributed by atoms with van der Waals surface area (Å²) in [4.78, 5) is 18.0. The van der Waals surface area contributed by atoms with E-state index in [4.69, 9.17) is 9.72 Å². The van der Waals surface area contributed by atoms with Crippen molar-refractivity contribution in [2.45, 2.75) is 37.7 Å². The summed E-state index contributed by atoms with van der Waals surface area (Å²) in [6.07, 6.45) is 0.898. The number of methoxy groups -OCH3 is 1. The number of thiazole rings is 1. The molecule has 0 saturated heterocycles. The summed E-state index contributed by atoms with van der Waals surface area (Å²) in [6, 6.07) is 15.6. The van der Waals surface area contributed by atoms with Crippen LogP contribution in [0.5, 0.6) is 5.75 Å². The number of aromatic nitrogens is 5. The minimum absolute atomic E-state index is 0.0184. The highest BCUT2D eigenvalue weighted by molar-refractivity contribution is 7.98. The third-order valence-corrected chi connectivity index (χ3v) is 7.53. The summed E-state index contributed by atoms with van der Waals surface area (Å²) >= 11 is 3.18. The lowest BCUT2D eigenvalue weighted by Gasteiger charge is -2.12. The van der Waals surface area contributed by atoms with Crippen molar-refractivity contribution in [3.8, 4) is 16.3 Å². The normalized spacial score (nSPS) is 11.6. The Labute approximate surface area is 205 Å². The van der Waals surface area contributed by atoms with Gasteiger partial charge in [0, 0.05) is 23.2 Å². The second-order valence-electron chi connectivity index (χ2n) is 8.44. The molecule has 3 aromatic heterocycles. The van der Waals surface area contributed by atoms with E-state index in [2.05, 4.69) is 29.4 Å². The van der Waals surface area contributed by atoms with Crippen LogP contribution in [0.15, 0.2) is 63.9 Å². The van der Waals surface area contributed by atoms with Crippen LogP contribution in [0.25, 0.3) is 27.3 Å². The molecule has 5 rings (SSSR count). The maximum atomic E-state index is 13.2. The quantitative estimate of drug-likeness (QED) is 0.266. The van der Waals surface area contributed by atoms with Crippen LogP contribution in [0.4, 0.5) is 0 Å². The zero-order valence-electron chi connectivity index (χ0n) is 19.3. The average molecular weight is 492 g/mol. The second kappa shape index (κ2) is 9.60. The molecule has 34 heavy (non-hydrogen) atoms. The maximum Gasteiger partial charge on any atom is 0.262 e. The fourth-order valence-electron chi connectivity index (χ4n) is 3.82. The van der Waals surface area contributed by atoms with Gasteiger partial charge < -0.3 is 4.74 Å². The van der Waals surface area contributed by atoms with Gasteiger partial charge in [-0.2, -0.15) is 0 Å². The van der Waals surface area contributed by atoms with Gasteiger partial charge in [0.15, 0.2) is 5.16 Å². The largest absolute Gasteiger partial charge is 0.497 e. The van der Waals surface area contributed by atoms with E-state index in [0.717, 1.165) is 39.1 Å². The molecule has 0 aliphatic rings. The summed E-state index contributed by atoms with van der Waals surface area (Å²) in [6.45, 7) is 4.92. The first kappa shape index (κ1) is 22.6. The van der Waals surface area contributed by atoms with E-state index in [1.54, 1.807) is 34.8 Å². The Kier molecular flexibility index (Phi) is 6.38.